The van der Waals surface area contributed by atoms with Gasteiger partial charge in [0.05, 0.1) is 12.2 Å². The van der Waals surface area contributed by atoms with E-state index in [1.165, 1.54) is 0 Å². The number of aromatic nitrogens is 4. The van der Waals surface area contributed by atoms with Gasteiger partial charge < -0.3 is 14.7 Å². The fourth-order valence-corrected chi connectivity index (χ4v) is 2.72. The van der Waals surface area contributed by atoms with Gasteiger partial charge in [0.1, 0.15) is 11.3 Å². The van der Waals surface area contributed by atoms with Gasteiger partial charge >= 0.3 is 0 Å². The van der Waals surface area contributed by atoms with E-state index in [4.69, 9.17) is 5.73 Å². The average Bonchev–Trinajstić information content (AvgIpc) is 3.08. The fraction of sp³-hybridized carbons (Fsp3) is 0.125. The summed E-state index contributed by atoms with van der Waals surface area (Å²) in [6, 6.07) is 9.99. The van der Waals surface area contributed by atoms with Crippen LogP contribution in [0, 0.1) is 0 Å². The third-order valence-electron chi connectivity index (χ3n) is 3.68. The van der Waals surface area contributed by atoms with Crippen LogP contribution >= 0.6 is 0 Å². The zero-order chi connectivity index (χ0) is 14.2. The Hall–Kier alpha value is -2.66. The lowest BCUT2D eigenvalue weighted by molar-refractivity contribution is 0.799. The molecule has 4 aromatic rings. The second-order valence-corrected chi connectivity index (χ2v) is 5.06. The number of rotatable bonds is 3. The van der Waals surface area contributed by atoms with E-state index in [1.54, 1.807) is 0 Å². The van der Waals surface area contributed by atoms with Crippen molar-refractivity contribution in [2.24, 2.45) is 5.73 Å². The summed E-state index contributed by atoms with van der Waals surface area (Å²) in [4.78, 5) is 9.11. The smallest absolute Gasteiger partial charge is 0.140 e. The standard InChI is InChI=1S/C16H15N5/c17-8-12-9-21(16-14(12)4-3-6-18-16)11-13-10-20-7-2-1-5-15(20)19-13/h1-7,9-10H,8,11,17H2. The van der Waals surface area contributed by atoms with Gasteiger partial charge in [-0.1, -0.05) is 6.07 Å². The minimum Gasteiger partial charge on any atom is -0.326 e. The number of fused-ring (bicyclic) bond motifs is 2. The molecule has 0 saturated carbocycles. The molecule has 0 radical (unpaired) electrons. The maximum atomic E-state index is 5.82. The molecule has 0 aliphatic rings. The normalized spacial score (nSPS) is 11.5. The molecule has 0 aliphatic heterocycles. The zero-order valence-corrected chi connectivity index (χ0v) is 11.5. The van der Waals surface area contributed by atoms with Crippen LogP contribution in [0.15, 0.2) is 55.1 Å². The molecule has 0 unspecified atom stereocenters. The van der Waals surface area contributed by atoms with E-state index in [-0.39, 0.29) is 0 Å². The van der Waals surface area contributed by atoms with Crippen molar-refractivity contribution in [1.29, 1.82) is 0 Å². The molecule has 0 fully saturated rings. The van der Waals surface area contributed by atoms with E-state index in [9.17, 15) is 0 Å². The molecule has 4 aromatic heterocycles. The summed E-state index contributed by atoms with van der Waals surface area (Å²) in [5.41, 5.74) is 9.85. The summed E-state index contributed by atoms with van der Waals surface area (Å²) in [5.74, 6) is 0. The zero-order valence-electron chi connectivity index (χ0n) is 11.5. The largest absolute Gasteiger partial charge is 0.326 e. The second-order valence-electron chi connectivity index (χ2n) is 5.06. The van der Waals surface area contributed by atoms with Crippen LogP contribution in [0.2, 0.25) is 0 Å². The lowest BCUT2D eigenvalue weighted by Crippen LogP contribution is -1.99. The van der Waals surface area contributed by atoms with Crippen LogP contribution in [-0.4, -0.2) is 18.9 Å². The van der Waals surface area contributed by atoms with Gasteiger partial charge in [0.2, 0.25) is 0 Å². The van der Waals surface area contributed by atoms with Crippen LogP contribution in [0.4, 0.5) is 0 Å². The van der Waals surface area contributed by atoms with Gasteiger partial charge in [-0.05, 0) is 29.8 Å². The highest BCUT2D eigenvalue weighted by molar-refractivity contribution is 5.80. The quantitative estimate of drug-likeness (QED) is 0.624. The van der Waals surface area contributed by atoms with Crippen LogP contribution in [0.1, 0.15) is 11.3 Å². The minimum atomic E-state index is 0.514. The first-order valence-corrected chi connectivity index (χ1v) is 6.90. The molecule has 0 aromatic carbocycles. The molecule has 0 spiro atoms. The maximum Gasteiger partial charge on any atom is 0.140 e. The Balaban J connectivity index is 1.80. The van der Waals surface area contributed by atoms with Gasteiger partial charge in [-0.3, -0.25) is 0 Å². The van der Waals surface area contributed by atoms with Crippen LogP contribution < -0.4 is 5.73 Å². The summed E-state index contributed by atoms with van der Waals surface area (Å²) in [7, 11) is 0. The Labute approximate surface area is 121 Å². The fourth-order valence-electron chi connectivity index (χ4n) is 2.72. The topological polar surface area (TPSA) is 61.1 Å². The van der Waals surface area contributed by atoms with Crippen LogP contribution in [0.3, 0.4) is 0 Å². The molecule has 5 nitrogen and oxygen atoms in total. The highest BCUT2D eigenvalue weighted by Crippen LogP contribution is 2.20. The molecule has 2 N–H and O–H groups in total. The third kappa shape index (κ3) is 1.98. The van der Waals surface area contributed by atoms with E-state index in [2.05, 4.69) is 26.8 Å². The molecule has 0 saturated heterocycles. The number of pyridine rings is 2. The van der Waals surface area contributed by atoms with Gasteiger partial charge in [-0.15, -0.1) is 0 Å². The SMILES string of the molecule is NCc1cn(Cc2cn3ccccc3n2)c2ncccc12. The monoisotopic (exact) mass is 277 g/mol. The Morgan fingerprint density at radius 3 is 2.90 bits per heavy atom. The Kier molecular flexibility index (Phi) is 2.72. The van der Waals surface area contributed by atoms with Crippen molar-refractivity contribution in [3.63, 3.8) is 0 Å². The minimum absolute atomic E-state index is 0.514. The van der Waals surface area contributed by atoms with Crippen molar-refractivity contribution >= 4 is 16.7 Å². The van der Waals surface area contributed by atoms with Gasteiger partial charge in [0.25, 0.3) is 0 Å². The van der Waals surface area contributed by atoms with Crippen LogP contribution in [0.5, 0.6) is 0 Å². The van der Waals surface area contributed by atoms with E-state index in [0.29, 0.717) is 13.1 Å². The molecular formula is C16H15N5. The Morgan fingerprint density at radius 2 is 2.05 bits per heavy atom. The summed E-state index contributed by atoms with van der Waals surface area (Å²) in [6.45, 7) is 1.20. The van der Waals surface area contributed by atoms with Gasteiger partial charge in [-0.25, -0.2) is 9.97 Å². The number of hydrogen-bond donors (Lipinski definition) is 1. The number of hydrogen-bond acceptors (Lipinski definition) is 3. The highest BCUT2D eigenvalue weighted by atomic mass is 15.1. The Bertz CT molecular complexity index is 886. The lowest BCUT2D eigenvalue weighted by atomic mass is 10.2. The van der Waals surface area contributed by atoms with Crippen LogP contribution in [0.25, 0.3) is 16.7 Å². The summed E-state index contributed by atoms with van der Waals surface area (Å²) < 4.78 is 4.14. The molecule has 4 rings (SSSR count). The van der Waals surface area contributed by atoms with Gasteiger partial charge in [0.15, 0.2) is 0 Å². The molecule has 104 valence electrons. The van der Waals surface area contributed by atoms with Crippen molar-refractivity contribution in [3.8, 4) is 0 Å². The number of nitrogens with two attached hydrogens (primary N) is 1. The van der Waals surface area contributed by atoms with Crippen molar-refractivity contribution in [2.75, 3.05) is 0 Å². The average molecular weight is 277 g/mol. The van der Waals surface area contributed by atoms with Crippen molar-refractivity contribution in [1.82, 2.24) is 18.9 Å². The molecule has 5 heteroatoms. The van der Waals surface area contributed by atoms with E-state index in [0.717, 1.165) is 27.9 Å². The summed E-state index contributed by atoms with van der Waals surface area (Å²) in [6.07, 6.45) is 7.93. The Morgan fingerprint density at radius 1 is 1.10 bits per heavy atom. The molecular weight excluding hydrogens is 262 g/mol. The van der Waals surface area contributed by atoms with Gasteiger partial charge in [-0.2, -0.15) is 0 Å². The van der Waals surface area contributed by atoms with Crippen LogP contribution in [-0.2, 0) is 13.1 Å². The van der Waals surface area contributed by atoms with Crippen molar-refractivity contribution in [2.45, 2.75) is 13.1 Å². The molecule has 0 aliphatic carbocycles. The summed E-state index contributed by atoms with van der Waals surface area (Å²) >= 11 is 0. The molecule has 0 amide bonds. The predicted octanol–water partition coefficient (Wildman–Crippen LogP) is 2.19. The first-order valence-electron chi connectivity index (χ1n) is 6.90. The summed E-state index contributed by atoms with van der Waals surface area (Å²) in [5, 5.41) is 1.11. The molecule has 0 bridgehead atoms. The second kappa shape index (κ2) is 4.71. The maximum absolute atomic E-state index is 5.82. The first kappa shape index (κ1) is 12.1. The van der Waals surface area contributed by atoms with Gasteiger partial charge in [0, 0.05) is 36.7 Å². The third-order valence-corrected chi connectivity index (χ3v) is 3.68. The first-order chi connectivity index (χ1) is 10.3. The molecule has 0 atom stereocenters. The lowest BCUT2D eigenvalue weighted by Gasteiger charge is -2.00. The van der Waals surface area contributed by atoms with Crippen molar-refractivity contribution < 1.29 is 0 Å². The highest BCUT2D eigenvalue weighted by Gasteiger charge is 2.10. The van der Waals surface area contributed by atoms with E-state index in [1.807, 2.05) is 47.3 Å². The predicted molar refractivity (Wildman–Crippen MR) is 81.9 cm³/mol. The van der Waals surface area contributed by atoms with E-state index >= 15 is 0 Å². The number of imidazole rings is 1. The number of nitrogens with zero attached hydrogens (tertiary/aromatic N) is 4. The van der Waals surface area contributed by atoms with E-state index < -0.39 is 0 Å². The van der Waals surface area contributed by atoms with Crippen molar-refractivity contribution in [3.05, 3.63) is 66.4 Å². The molecule has 4 heterocycles. The molecule has 21 heavy (non-hydrogen) atoms.